The fourth-order valence-corrected chi connectivity index (χ4v) is 3.43. The number of hydrogen-bond donors (Lipinski definition) is 1. The number of anilines is 1. The van der Waals surface area contributed by atoms with Gasteiger partial charge in [0.2, 0.25) is 11.9 Å². The molecule has 1 saturated heterocycles. The van der Waals surface area contributed by atoms with Crippen molar-refractivity contribution in [3.63, 3.8) is 0 Å². The zero-order valence-electron chi connectivity index (χ0n) is 15.6. The van der Waals surface area contributed by atoms with Crippen LogP contribution in [0.4, 0.5) is 5.95 Å². The molecule has 1 aliphatic heterocycles. The van der Waals surface area contributed by atoms with Crippen molar-refractivity contribution in [1.29, 1.82) is 0 Å². The molecule has 1 fully saturated rings. The van der Waals surface area contributed by atoms with E-state index in [-0.39, 0.29) is 17.9 Å². The van der Waals surface area contributed by atoms with Gasteiger partial charge in [-0.05, 0) is 38.8 Å². The molecule has 6 heteroatoms. The van der Waals surface area contributed by atoms with Gasteiger partial charge in [0.1, 0.15) is 5.75 Å². The quantitative estimate of drug-likeness (QED) is 0.894. The number of benzene rings is 1. The molecule has 26 heavy (non-hydrogen) atoms. The van der Waals surface area contributed by atoms with E-state index in [1.54, 1.807) is 25.6 Å². The number of nitrogens with zero attached hydrogens (tertiary/aromatic N) is 3. The van der Waals surface area contributed by atoms with Crippen molar-refractivity contribution in [2.45, 2.75) is 32.7 Å². The summed E-state index contributed by atoms with van der Waals surface area (Å²) in [5.41, 5.74) is 2.15. The number of piperidine rings is 1. The van der Waals surface area contributed by atoms with Gasteiger partial charge in [-0.15, -0.1) is 0 Å². The van der Waals surface area contributed by atoms with Gasteiger partial charge in [-0.25, -0.2) is 9.97 Å². The van der Waals surface area contributed by atoms with Gasteiger partial charge >= 0.3 is 0 Å². The number of aromatic nitrogens is 2. The Morgan fingerprint density at radius 2 is 2.12 bits per heavy atom. The third-order valence-electron chi connectivity index (χ3n) is 4.84. The predicted octanol–water partition coefficient (Wildman–Crippen LogP) is 2.89. The Morgan fingerprint density at radius 1 is 1.35 bits per heavy atom. The molecule has 1 aliphatic rings. The van der Waals surface area contributed by atoms with Gasteiger partial charge in [-0.1, -0.05) is 17.7 Å². The van der Waals surface area contributed by atoms with Crippen LogP contribution in [0.1, 0.15) is 36.9 Å². The van der Waals surface area contributed by atoms with Gasteiger partial charge in [0, 0.05) is 31.0 Å². The first-order chi connectivity index (χ1) is 12.6. The summed E-state index contributed by atoms with van der Waals surface area (Å²) < 4.78 is 5.45. The highest BCUT2D eigenvalue weighted by atomic mass is 16.5. The van der Waals surface area contributed by atoms with Crippen LogP contribution in [0.25, 0.3) is 0 Å². The first kappa shape index (κ1) is 18.2. The van der Waals surface area contributed by atoms with Crippen LogP contribution >= 0.6 is 0 Å². The standard InChI is InChI=1S/C20H26N4O2/c1-14-7-8-18(26-3)17(12-14)15(2)23-19(25)16-6-4-11-24(13-16)20-21-9-5-10-22-20/h5,7-10,12,15-16H,4,6,11,13H2,1-3H3,(H,23,25). The third-order valence-corrected chi connectivity index (χ3v) is 4.84. The van der Waals surface area contributed by atoms with E-state index in [4.69, 9.17) is 4.74 Å². The summed E-state index contributed by atoms with van der Waals surface area (Å²) in [4.78, 5) is 23.5. The maximum atomic E-state index is 12.8. The molecule has 6 nitrogen and oxygen atoms in total. The number of carbonyl (C=O) groups is 1. The summed E-state index contributed by atoms with van der Waals surface area (Å²) in [6, 6.07) is 7.71. The van der Waals surface area contributed by atoms with E-state index in [0.29, 0.717) is 12.5 Å². The van der Waals surface area contributed by atoms with Crippen LogP contribution in [0.5, 0.6) is 5.75 Å². The number of hydrogen-bond acceptors (Lipinski definition) is 5. The van der Waals surface area contributed by atoms with E-state index >= 15 is 0 Å². The van der Waals surface area contributed by atoms with Gasteiger partial charge in [0.25, 0.3) is 0 Å². The summed E-state index contributed by atoms with van der Waals surface area (Å²) in [5, 5.41) is 3.15. The molecule has 0 radical (unpaired) electrons. The molecule has 1 aromatic heterocycles. The Labute approximate surface area is 154 Å². The van der Waals surface area contributed by atoms with E-state index in [0.717, 1.165) is 36.3 Å². The van der Waals surface area contributed by atoms with E-state index in [2.05, 4.69) is 26.3 Å². The Hall–Kier alpha value is -2.63. The molecule has 1 aromatic carbocycles. The second-order valence-electron chi connectivity index (χ2n) is 6.81. The molecule has 1 N–H and O–H groups in total. The first-order valence-corrected chi connectivity index (χ1v) is 9.05. The van der Waals surface area contributed by atoms with Crippen molar-refractivity contribution in [2.24, 2.45) is 5.92 Å². The number of carbonyl (C=O) groups excluding carboxylic acids is 1. The molecule has 2 unspecified atom stereocenters. The van der Waals surface area contributed by atoms with Gasteiger partial charge in [0.15, 0.2) is 0 Å². The minimum Gasteiger partial charge on any atom is -0.496 e. The Balaban J connectivity index is 1.67. The second kappa shape index (κ2) is 8.17. The summed E-state index contributed by atoms with van der Waals surface area (Å²) in [7, 11) is 1.65. The Kier molecular flexibility index (Phi) is 5.71. The smallest absolute Gasteiger partial charge is 0.225 e. The summed E-state index contributed by atoms with van der Waals surface area (Å²) >= 11 is 0. The number of nitrogens with one attached hydrogen (secondary N) is 1. The largest absolute Gasteiger partial charge is 0.496 e. The number of methoxy groups -OCH3 is 1. The molecule has 0 saturated carbocycles. The normalized spacial score (nSPS) is 18.3. The fraction of sp³-hybridized carbons (Fsp3) is 0.450. The summed E-state index contributed by atoms with van der Waals surface area (Å²) in [5.74, 6) is 1.50. The molecule has 0 bridgehead atoms. The van der Waals surface area contributed by atoms with Gasteiger partial charge < -0.3 is 15.0 Å². The Bertz CT molecular complexity index is 751. The highest BCUT2D eigenvalue weighted by molar-refractivity contribution is 5.80. The number of aryl methyl sites for hydroxylation is 1. The second-order valence-corrected chi connectivity index (χ2v) is 6.81. The lowest BCUT2D eigenvalue weighted by Crippen LogP contribution is -2.44. The molecule has 0 aliphatic carbocycles. The molecule has 2 atom stereocenters. The van der Waals surface area contributed by atoms with E-state index in [9.17, 15) is 4.79 Å². The average Bonchev–Trinajstić information content (AvgIpc) is 2.68. The van der Waals surface area contributed by atoms with Crippen LogP contribution in [0.3, 0.4) is 0 Å². The summed E-state index contributed by atoms with van der Waals surface area (Å²) in [6.45, 7) is 5.56. The van der Waals surface area contributed by atoms with Crippen LogP contribution in [-0.4, -0.2) is 36.1 Å². The molecule has 2 aromatic rings. The monoisotopic (exact) mass is 354 g/mol. The van der Waals surface area contributed by atoms with E-state index < -0.39 is 0 Å². The zero-order chi connectivity index (χ0) is 18.5. The topological polar surface area (TPSA) is 67.3 Å². The van der Waals surface area contributed by atoms with Crippen molar-refractivity contribution >= 4 is 11.9 Å². The lowest BCUT2D eigenvalue weighted by molar-refractivity contribution is -0.125. The van der Waals surface area contributed by atoms with Crippen molar-refractivity contribution < 1.29 is 9.53 Å². The summed E-state index contributed by atoms with van der Waals surface area (Å²) in [6.07, 6.45) is 5.31. The van der Waals surface area contributed by atoms with Crippen molar-refractivity contribution in [3.05, 3.63) is 47.8 Å². The lowest BCUT2D eigenvalue weighted by Gasteiger charge is -2.32. The predicted molar refractivity (Wildman–Crippen MR) is 101 cm³/mol. The molecular formula is C20H26N4O2. The molecule has 138 valence electrons. The van der Waals surface area contributed by atoms with Crippen molar-refractivity contribution in [2.75, 3.05) is 25.1 Å². The number of ether oxygens (including phenoxy) is 1. The van der Waals surface area contributed by atoms with E-state index in [1.807, 2.05) is 26.0 Å². The van der Waals surface area contributed by atoms with Crippen LogP contribution in [0.2, 0.25) is 0 Å². The molecule has 2 heterocycles. The maximum Gasteiger partial charge on any atom is 0.225 e. The lowest BCUT2D eigenvalue weighted by atomic mass is 9.96. The molecule has 3 rings (SSSR count). The van der Waals surface area contributed by atoms with Crippen LogP contribution in [0.15, 0.2) is 36.7 Å². The Morgan fingerprint density at radius 3 is 2.85 bits per heavy atom. The minimum absolute atomic E-state index is 0.0641. The van der Waals surface area contributed by atoms with Crippen LogP contribution in [-0.2, 0) is 4.79 Å². The average molecular weight is 354 g/mol. The van der Waals surface area contributed by atoms with Gasteiger partial charge in [-0.2, -0.15) is 0 Å². The molecule has 0 spiro atoms. The van der Waals surface area contributed by atoms with E-state index in [1.165, 1.54) is 0 Å². The molecule has 1 amide bonds. The van der Waals surface area contributed by atoms with Crippen LogP contribution < -0.4 is 15.0 Å². The first-order valence-electron chi connectivity index (χ1n) is 9.05. The van der Waals surface area contributed by atoms with Gasteiger partial charge in [-0.3, -0.25) is 4.79 Å². The van der Waals surface area contributed by atoms with Crippen LogP contribution in [0, 0.1) is 12.8 Å². The SMILES string of the molecule is COc1ccc(C)cc1C(C)NC(=O)C1CCCN(c2ncccn2)C1. The zero-order valence-corrected chi connectivity index (χ0v) is 15.6. The number of rotatable bonds is 5. The fourth-order valence-electron chi connectivity index (χ4n) is 3.43. The van der Waals surface area contributed by atoms with Crippen molar-refractivity contribution in [1.82, 2.24) is 15.3 Å². The third kappa shape index (κ3) is 4.12. The highest BCUT2D eigenvalue weighted by Gasteiger charge is 2.28. The number of amides is 1. The molecular weight excluding hydrogens is 328 g/mol. The highest BCUT2D eigenvalue weighted by Crippen LogP contribution is 2.27. The van der Waals surface area contributed by atoms with Crippen molar-refractivity contribution in [3.8, 4) is 5.75 Å². The van der Waals surface area contributed by atoms with Gasteiger partial charge in [0.05, 0.1) is 19.1 Å². The minimum atomic E-state index is -0.110. The maximum absolute atomic E-state index is 12.8.